The molecule has 0 fully saturated rings. The summed E-state index contributed by atoms with van der Waals surface area (Å²) in [4.78, 5) is 29.2. The van der Waals surface area contributed by atoms with Gasteiger partial charge in [-0.1, -0.05) is 67.5 Å². The van der Waals surface area contributed by atoms with Crippen LogP contribution in [0.5, 0.6) is 0 Å². The van der Waals surface area contributed by atoms with Crippen molar-refractivity contribution >= 4 is 46.6 Å². The molecule has 0 saturated carbocycles. The number of imide groups is 1. The third-order valence-corrected chi connectivity index (χ3v) is 6.28. The van der Waals surface area contributed by atoms with Gasteiger partial charge in [0.2, 0.25) is 0 Å². The van der Waals surface area contributed by atoms with Gasteiger partial charge >= 0.3 is 0 Å². The second-order valence-electron chi connectivity index (χ2n) is 7.44. The van der Waals surface area contributed by atoms with E-state index in [2.05, 4.69) is 19.2 Å². The molecule has 0 unspecified atom stereocenters. The highest BCUT2D eigenvalue weighted by Crippen LogP contribution is 2.38. The van der Waals surface area contributed by atoms with Crippen LogP contribution in [0.1, 0.15) is 25.3 Å². The van der Waals surface area contributed by atoms with E-state index in [1.54, 1.807) is 24.3 Å². The highest BCUT2D eigenvalue weighted by atomic mass is 35.5. The lowest BCUT2D eigenvalue weighted by Crippen LogP contribution is -2.32. The number of amides is 2. The third kappa shape index (κ3) is 4.53. The molecule has 0 atom stereocenters. The van der Waals surface area contributed by atoms with Crippen LogP contribution in [0.4, 0.5) is 11.4 Å². The molecule has 1 N–H and O–H groups in total. The summed E-state index contributed by atoms with van der Waals surface area (Å²) in [6, 6.07) is 24.1. The number of halogens is 1. The van der Waals surface area contributed by atoms with Gasteiger partial charge in [0.15, 0.2) is 0 Å². The predicted octanol–water partition coefficient (Wildman–Crippen LogP) is 6.45. The lowest BCUT2D eigenvalue weighted by atomic mass is 10.0. The summed E-state index contributed by atoms with van der Waals surface area (Å²) in [7, 11) is 0. The van der Waals surface area contributed by atoms with Gasteiger partial charge in [-0.2, -0.15) is 0 Å². The Balaban J connectivity index is 1.71. The number of benzene rings is 3. The fraction of sp³-hybridized carbons (Fsp3) is 0.120. The monoisotopic (exact) mass is 448 g/mol. The lowest BCUT2D eigenvalue weighted by Gasteiger charge is -2.16. The molecule has 3 aromatic carbocycles. The molecule has 6 heteroatoms. The van der Waals surface area contributed by atoms with Crippen molar-refractivity contribution < 1.29 is 9.59 Å². The zero-order chi connectivity index (χ0) is 22.0. The first-order chi connectivity index (χ1) is 14.9. The maximum absolute atomic E-state index is 13.4. The highest BCUT2D eigenvalue weighted by Gasteiger charge is 2.40. The second-order valence-corrected chi connectivity index (χ2v) is 8.96. The van der Waals surface area contributed by atoms with Crippen molar-refractivity contribution in [2.24, 2.45) is 0 Å². The van der Waals surface area contributed by atoms with Crippen molar-refractivity contribution in [3.63, 3.8) is 0 Å². The second kappa shape index (κ2) is 9.00. The van der Waals surface area contributed by atoms with E-state index in [0.29, 0.717) is 27.2 Å². The lowest BCUT2D eigenvalue weighted by molar-refractivity contribution is -0.120. The average molecular weight is 449 g/mol. The minimum Gasteiger partial charge on any atom is -0.350 e. The number of anilines is 2. The third-order valence-electron chi connectivity index (χ3n) is 4.94. The van der Waals surface area contributed by atoms with Crippen LogP contribution in [0.3, 0.4) is 0 Å². The molecule has 0 aromatic heterocycles. The Labute approximate surface area is 190 Å². The van der Waals surface area contributed by atoms with Crippen LogP contribution < -0.4 is 10.2 Å². The van der Waals surface area contributed by atoms with Crippen LogP contribution >= 0.6 is 23.4 Å². The smallest absolute Gasteiger partial charge is 0.283 e. The maximum atomic E-state index is 13.4. The van der Waals surface area contributed by atoms with Gasteiger partial charge < -0.3 is 5.32 Å². The van der Waals surface area contributed by atoms with E-state index in [9.17, 15) is 9.59 Å². The Morgan fingerprint density at radius 2 is 1.48 bits per heavy atom. The molecule has 0 aliphatic carbocycles. The van der Waals surface area contributed by atoms with E-state index >= 15 is 0 Å². The van der Waals surface area contributed by atoms with E-state index in [1.807, 2.05) is 54.6 Å². The van der Waals surface area contributed by atoms with Gasteiger partial charge in [-0.3, -0.25) is 9.59 Å². The predicted molar refractivity (Wildman–Crippen MR) is 127 cm³/mol. The average Bonchev–Trinajstić information content (AvgIpc) is 3.00. The summed E-state index contributed by atoms with van der Waals surface area (Å²) < 4.78 is 0. The van der Waals surface area contributed by atoms with E-state index in [-0.39, 0.29) is 17.5 Å². The largest absolute Gasteiger partial charge is 0.350 e. The van der Waals surface area contributed by atoms with E-state index in [4.69, 9.17) is 11.6 Å². The first kappa shape index (κ1) is 21.2. The minimum atomic E-state index is -0.379. The van der Waals surface area contributed by atoms with Crippen molar-refractivity contribution in [2.45, 2.75) is 24.7 Å². The highest BCUT2D eigenvalue weighted by molar-refractivity contribution is 8.04. The Morgan fingerprint density at radius 3 is 2.10 bits per heavy atom. The molecular weight excluding hydrogens is 428 g/mol. The van der Waals surface area contributed by atoms with Gasteiger partial charge in [0, 0.05) is 15.6 Å². The van der Waals surface area contributed by atoms with Gasteiger partial charge in [-0.25, -0.2) is 4.90 Å². The van der Waals surface area contributed by atoms with Crippen LogP contribution in [-0.4, -0.2) is 11.8 Å². The molecule has 0 radical (unpaired) electrons. The van der Waals surface area contributed by atoms with Gasteiger partial charge in [-0.15, -0.1) is 0 Å². The fourth-order valence-electron chi connectivity index (χ4n) is 3.24. The number of rotatable bonds is 6. The Hall–Kier alpha value is -3.02. The molecule has 0 bridgehead atoms. The molecule has 2 amide bonds. The zero-order valence-corrected chi connectivity index (χ0v) is 18.7. The normalized spacial score (nSPS) is 14.0. The summed E-state index contributed by atoms with van der Waals surface area (Å²) >= 11 is 7.26. The topological polar surface area (TPSA) is 49.4 Å². The first-order valence-corrected chi connectivity index (χ1v) is 11.1. The van der Waals surface area contributed by atoms with Crippen molar-refractivity contribution in [1.82, 2.24) is 0 Å². The summed E-state index contributed by atoms with van der Waals surface area (Å²) in [5.41, 5.74) is 2.64. The Kier molecular flexibility index (Phi) is 6.16. The minimum absolute atomic E-state index is 0.258. The van der Waals surface area contributed by atoms with Gasteiger partial charge in [0.05, 0.1) is 5.69 Å². The van der Waals surface area contributed by atoms with Gasteiger partial charge in [-0.05, 0) is 60.0 Å². The summed E-state index contributed by atoms with van der Waals surface area (Å²) in [5, 5.41) is 3.73. The van der Waals surface area contributed by atoms with E-state index in [0.717, 1.165) is 10.5 Å². The van der Waals surface area contributed by atoms with E-state index in [1.165, 1.54) is 16.7 Å². The quantitative estimate of drug-likeness (QED) is 0.440. The van der Waals surface area contributed by atoms with Crippen LogP contribution in [0.15, 0.2) is 94.4 Å². The summed E-state index contributed by atoms with van der Waals surface area (Å²) in [6.07, 6.45) is 0. The number of nitrogens with zero attached hydrogens (tertiary/aromatic N) is 1. The number of hydrogen-bond acceptors (Lipinski definition) is 4. The molecule has 0 spiro atoms. The Morgan fingerprint density at radius 1 is 0.839 bits per heavy atom. The molecule has 156 valence electrons. The van der Waals surface area contributed by atoms with Crippen molar-refractivity contribution in [2.75, 3.05) is 10.2 Å². The molecule has 3 aromatic rings. The van der Waals surface area contributed by atoms with E-state index < -0.39 is 0 Å². The molecular formula is C25H21ClN2O2S. The number of carbonyl (C=O) groups excluding carboxylic acids is 2. The van der Waals surface area contributed by atoms with Crippen LogP contribution in [0, 0.1) is 0 Å². The maximum Gasteiger partial charge on any atom is 0.283 e. The van der Waals surface area contributed by atoms with Crippen molar-refractivity contribution in [1.29, 1.82) is 0 Å². The molecule has 0 saturated heterocycles. The number of nitrogens with one attached hydrogen (secondary N) is 1. The molecule has 31 heavy (non-hydrogen) atoms. The van der Waals surface area contributed by atoms with Gasteiger partial charge in [0.25, 0.3) is 11.8 Å². The summed E-state index contributed by atoms with van der Waals surface area (Å²) in [6.45, 7) is 4.21. The first-order valence-electron chi connectivity index (χ1n) is 9.92. The van der Waals surface area contributed by atoms with Gasteiger partial charge in [0.1, 0.15) is 10.6 Å². The molecule has 4 rings (SSSR count). The molecule has 1 aliphatic heterocycles. The van der Waals surface area contributed by atoms with Crippen molar-refractivity contribution in [3.8, 4) is 0 Å². The molecule has 4 nitrogen and oxygen atoms in total. The van der Waals surface area contributed by atoms with Crippen LogP contribution in [-0.2, 0) is 9.59 Å². The molecule has 1 aliphatic rings. The fourth-order valence-corrected chi connectivity index (χ4v) is 4.32. The number of thioether (sulfide) groups is 1. The van der Waals surface area contributed by atoms with Crippen LogP contribution in [0.25, 0.3) is 0 Å². The van der Waals surface area contributed by atoms with Crippen LogP contribution in [0.2, 0.25) is 5.02 Å². The standard InChI is InChI=1S/C25H21ClN2O2S/c1-16(2)17-8-14-20(15-9-17)28-24(29)22(27-19-12-10-18(26)11-13-19)23(25(28)30)31-21-6-4-3-5-7-21/h3-16,27H,1-2H3. The SMILES string of the molecule is CC(C)c1ccc(N2C(=O)C(Nc3ccc(Cl)cc3)=C(Sc3ccccc3)C2=O)cc1. The zero-order valence-electron chi connectivity index (χ0n) is 17.1. The molecule has 1 heterocycles. The van der Waals surface area contributed by atoms with Crippen molar-refractivity contribution in [3.05, 3.63) is 100 Å². The number of carbonyl (C=O) groups is 2. The summed E-state index contributed by atoms with van der Waals surface area (Å²) in [5.74, 6) is -0.355. The number of hydrogen-bond donors (Lipinski definition) is 1. The Bertz CT molecular complexity index is 1140.